The van der Waals surface area contributed by atoms with Crippen LogP contribution in [0.15, 0.2) is 23.5 Å². The zero-order valence-corrected chi connectivity index (χ0v) is 20.5. The van der Waals surface area contributed by atoms with Crippen molar-refractivity contribution >= 4 is 28.9 Å². The predicted octanol–water partition coefficient (Wildman–Crippen LogP) is 1.42. The summed E-state index contributed by atoms with van der Waals surface area (Å²) in [6, 6.07) is 2.43. The summed E-state index contributed by atoms with van der Waals surface area (Å²) < 4.78 is 5.26. The third-order valence-corrected chi connectivity index (χ3v) is 7.77. The number of rotatable bonds is 8. The fraction of sp³-hybridized carbons (Fsp3) is 0.519. The SMILES string of the molecule is CC(=O)CC(=O)C1(O)C(O)=C2C(=O)c3c(O)ccc(C(=O)C(=O)C4CCOCC4)c3CC2CC1CCO. The molecule has 0 aromatic heterocycles. The van der Waals surface area contributed by atoms with Gasteiger partial charge in [0.15, 0.2) is 17.2 Å². The van der Waals surface area contributed by atoms with Gasteiger partial charge in [-0.2, -0.15) is 0 Å². The second-order valence-electron chi connectivity index (χ2n) is 10.1. The van der Waals surface area contributed by atoms with Gasteiger partial charge >= 0.3 is 0 Å². The third kappa shape index (κ3) is 4.54. The second-order valence-corrected chi connectivity index (χ2v) is 10.1. The first kappa shape index (κ1) is 26.8. The first-order valence-electron chi connectivity index (χ1n) is 12.4. The van der Waals surface area contributed by atoms with Crippen molar-refractivity contribution in [3.8, 4) is 5.75 Å². The van der Waals surface area contributed by atoms with Crippen molar-refractivity contribution in [3.05, 3.63) is 40.2 Å². The third-order valence-electron chi connectivity index (χ3n) is 7.77. The Morgan fingerprint density at radius 1 is 1.11 bits per heavy atom. The Morgan fingerprint density at radius 2 is 1.78 bits per heavy atom. The standard InChI is InChI=1S/C27H30O10/c1-13(29)10-20(31)27(36)16(4-7-28)11-15-12-18-17(24(33)23(32)14-5-8-37-9-6-14)2-3-19(30)22(18)25(34)21(15)26(27)35/h2-3,14-16,28,30,35-36H,4-12H2,1H3. The summed E-state index contributed by atoms with van der Waals surface area (Å²) in [7, 11) is 0. The number of phenols is 1. The van der Waals surface area contributed by atoms with Gasteiger partial charge in [0.05, 0.1) is 12.0 Å². The fourth-order valence-electron chi connectivity index (χ4n) is 5.88. The van der Waals surface area contributed by atoms with E-state index in [1.807, 2.05) is 0 Å². The minimum absolute atomic E-state index is 0.0108. The van der Waals surface area contributed by atoms with Gasteiger partial charge in [-0.25, -0.2) is 0 Å². The molecular weight excluding hydrogens is 484 g/mol. The van der Waals surface area contributed by atoms with Crippen LogP contribution in [-0.2, 0) is 25.5 Å². The Hall–Kier alpha value is -3.21. The van der Waals surface area contributed by atoms with Crippen LogP contribution in [0.25, 0.3) is 0 Å². The number of fused-ring (bicyclic) bond motifs is 2. The summed E-state index contributed by atoms with van der Waals surface area (Å²) in [6.07, 6.45) is 0.0106. The van der Waals surface area contributed by atoms with Crippen LogP contribution in [-0.4, -0.2) is 74.8 Å². The topological polar surface area (TPSA) is 176 Å². The molecule has 3 aliphatic rings. The van der Waals surface area contributed by atoms with E-state index >= 15 is 0 Å². The van der Waals surface area contributed by atoms with Gasteiger partial charge in [0.1, 0.15) is 17.3 Å². The molecule has 10 nitrogen and oxygen atoms in total. The number of ether oxygens (including phenoxy) is 1. The molecule has 4 rings (SSSR count). The van der Waals surface area contributed by atoms with Crippen LogP contribution in [0.3, 0.4) is 0 Å². The van der Waals surface area contributed by atoms with Crippen molar-refractivity contribution in [2.45, 2.75) is 51.0 Å². The Balaban J connectivity index is 1.80. The van der Waals surface area contributed by atoms with Crippen LogP contribution in [0.5, 0.6) is 5.75 Å². The van der Waals surface area contributed by atoms with Crippen molar-refractivity contribution in [1.29, 1.82) is 0 Å². The molecule has 0 spiro atoms. The smallest absolute Gasteiger partial charge is 0.229 e. The molecule has 4 N–H and O–H groups in total. The van der Waals surface area contributed by atoms with Gasteiger partial charge in [-0.15, -0.1) is 0 Å². The van der Waals surface area contributed by atoms with E-state index in [2.05, 4.69) is 0 Å². The number of allylic oxidation sites excluding steroid dienone is 1. The molecule has 0 amide bonds. The molecule has 0 radical (unpaired) electrons. The number of carbonyl (C=O) groups is 5. The zero-order chi connectivity index (χ0) is 27.1. The monoisotopic (exact) mass is 514 g/mol. The number of Topliss-reactive ketones (excluding diaryl/α,β-unsaturated/α-hetero) is 5. The summed E-state index contributed by atoms with van der Waals surface area (Å²) in [5.41, 5.74) is -2.96. The lowest BCUT2D eigenvalue weighted by Gasteiger charge is -2.43. The number of ketones is 5. The first-order chi connectivity index (χ1) is 17.5. The highest BCUT2D eigenvalue weighted by molar-refractivity contribution is 6.45. The molecule has 3 unspecified atom stereocenters. The zero-order valence-electron chi connectivity index (χ0n) is 20.5. The normalized spacial score (nSPS) is 25.9. The highest BCUT2D eigenvalue weighted by atomic mass is 16.5. The molecule has 1 saturated heterocycles. The quantitative estimate of drug-likeness (QED) is 0.225. The number of benzene rings is 1. The molecule has 1 aliphatic heterocycles. The largest absolute Gasteiger partial charge is 0.508 e. The summed E-state index contributed by atoms with van der Waals surface area (Å²) in [6.45, 7) is 1.45. The van der Waals surface area contributed by atoms with E-state index < -0.39 is 76.8 Å². The van der Waals surface area contributed by atoms with Gasteiger partial charge in [-0.1, -0.05) is 0 Å². The molecule has 198 valence electrons. The Kier molecular flexibility index (Phi) is 7.45. The lowest BCUT2D eigenvalue weighted by atomic mass is 9.62. The lowest BCUT2D eigenvalue weighted by Crippen LogP contribution is -2.54. The maximum Gasteiger partial charge on any atom is 0.229 e. The summed E-state index contributed by atoms with van der Waals surface area (Å²) >= 11 is 0. The second kappa shape index (κ2) is 10.3. The van der Waals surface area contributed by atoms with Crippen molar-refractivity contribution in [2.24, 2.45) is 17.8 Å². The first-order valence-corrected chi connectivity index (χ1v) is 12.4. The van der Waals surface area contributed by atoms with Crippen LogP contribution in [0.1, 0.15) is 65.3 Å². The highest BCUT2D eigenvalue weighted by Crippen LogP contribution is 2.49. The van der Waals surface area contributed by atoms with E-state index in [0.717, 1.165) is 13.0 Å². The number of hydrogen-bond acceptors (Lipinski definition) is 10. The molecular formula is C27H30O10. The fourth-order valence-corrected chi connectivity index (χ4v) is 5.88. The number of aliphatic hydroxyl groups excluding tert-OH is 2. The van der Waals surface area contributed by atoms with E-state index in [-0.39, 0.29) is 41.5 Å². The molecule has 2 aliphatic carbocycles. The van der Waals surface area contributed by atoms with E-state index in [9.17, 15) is 44.4 Å². The molecule has 37 heavy (non-hydrogen) atoms. The van der Waals surface area contributed by atoms with Crippen LogP contribution >= 0.6 is 0 Å². The van der Waals surface area contributed by atoms with Crippen molar-refractivity contribution in [1.82, 2.24) is 0 Å². The summed E-state index contributed by atoms with van der Waals surface area (Å²) in [4.78, 5) is 64.2. The Bertz CT molecular complexity index is 1210. The number of phenolic OH excluding ortho intramolecular Hbond substituents is 1. The van der Waals surface area contributed by atoms with Crippen molar-refractivity contribution < 1.29 is 49.1 Å². The molecule has 3 atom stereocenters. The number of carbonyl (C=O) groups excluding carboxylic acids is 5. The van der Waals surface area contributed by atoms with E-state index in [0.29, 0.717) is 26.1 Å². The van der Waals surface area contributed by atoms with Crippen LogP contribution in [0, 0.1) is 17.8 Å². The summed E-state index contributed by atoms with van der Waals surface area (Å²) in [5.74, 6) is -7.42. The van der Waals surface area contributed by atoms with E-state index in [4.69, 9.17) is 4.74 Å². The highest BCUT2D eigenvalue weighted by Gasteiger charge is 2.55. The van der Waals surface area contributed by atoms with Crippen LogP contribution in [0.2, 0.25) is 0 Å². The number of aromatic hydroxyl groups is 1. The van der Waals surface area contributed by atoms with Gasteiger partial charge in [0.25, 0.3) is 0 Å². The maximum atomic E-state index is 13.6. The van der Waals surface area contributed by atoms with Crippen LogP contribution in [0.4, 0.5) is 0 Å². The van der Waals surface area contributed by atoms with E-state index in [1.54, 1.807) is 0 Å². The van der Waals surface area contributed by atoms with Gasteiger partial charge in [0.2, 0.25) is 11.6 Å². The Morgan fingerprint density at radius 3 is 2.41 bits per heavy atom. The molecule has 1 fully saturated rings. The van der Waals surface area contributed by atoms with Gasteiger partial charge in [-0.3, -0.25) is 24.0 Å². The minimum atomic E-state index is -2.56. The predicted molar refractivity (Wildman–Crippen MR) is 127 cm³/mol. The average Bonchev–Trinajstić information content (AvgIpc) is 2.86. The molecule has 1 aromatic carbocycles. The average molecular weight is 515 g/mol. The number of aliphatic hydroxyl groups is 3. The molecule has 1 heterocycles. The molecule has 1 aromatic rings. The molecule has 0 bridgehead atoms. The van der Waals surface area contributed by atoms with Gasteiger partial charge < -0.3 is 25.2 Å². The van der Waals surface area contributed by atoms with Crippen LogP contribution < -0.4 is 0 Å². The number of hydrogen-bond donors (Lipinski definition) is 4. The van der Waals surface area contributed by atoms with Crippen molar-refractivity contribution in [2.75, 3.05) is 19.8 Å². The Labute approximate surface area is 212 Å². The van der Waals surface area contributed by atoms with E-state index in [1.165, 1.54) is 6.07 Å². The molecule has 0 saturated carbocycles. The maximum absolute atomic E-state index is 13.6. The van der Waals surface area contributed by atoms with Crippen molar-refractivity contribution in [3.63, 3.8) is 0 Å². The van der Waals surface area contributed by atoms with Gasteiger partial charge in [0, 0.05) is 42.8 Å². The van der Waals surface area contributed by atoms with Gasteiger partial charge in [-0.05, 0) is 62.6 Å². The lowest BCUT2D eigenvalue weighted by molar-refractivity contribution is -0.147. The molecule has 10 heteroatoms. The minimum Gasteiger partial charge on any atom is -0.508 e. The summed E-state index contributed by atoms with van der Waals surface area (Å²) in [5, 5.41) is 42.6.